The largest absolute Gasteiger partial charge is 0.322 e. The van der Waals surface area contributed by atoms with Crippen LogP contribution in [0.5, 0.6) is 0 Å². The first-order valence-electron chi connectivity index (χ1n) is 3.72. The van der Waals surface area contributed by atoms with E-state index in [0.29, 0.717) is 5.02 Å². The number of aryl methyl sites for hydroxylation is 1. The molecule has 1 aromatic carbocycles. The third-order valence-electron chi connectivity index (χ3n) is 1.78. The summed E-state index contributed by atoms with van der Waals surface area (Å²) in [6.45, 7) is 1.33. The maximum absolute atomic E-state index is 12.1. The molecule has 0 radical (unpaired) electrons. The molecule has 1 aromatic rings. The van der Waals surface area contributed by atoms with Gasteiger partial charge in [-0.25, -0.2) is 4.39 Å². The zero-order chi connectivity index (χ0) is 9.14. The van der Waals surface area contributed by atoms with Gasteiger partial charge in [0.25, 0.3) is 0 Å². The van der Waals surface area contributed by atoms with Crippen molar-refractivity contribution >= 4 is 11.6 Å². The van der Waals surface area contributed by atoms with Gasteiger partial charge in [0.1, 0.15) is 6.67 Å². The van der Waals surface area contributed by atoms with Gasteiger partial charge in [-0.1, -0.05) is 23.7 Å². The molecule has 0 heterocycles. The molecule has 0 aromatic heterocycles. The summed E-state index contributed by atoms with van der Waals surface area (Å²) < 4.78 is 12.1. The highest BCUT2D eigenvalue weighted by molar-refractivity contribution is 6.31. The van der Waals surface area contributed by atoms with Gasteiger partial charge in [-0.2, -0.15) is 0 Å². The Kier molecular flexibility index (Phi) is 3.06. The molecule has 0 aliphatic heterocycles. The van der Waals surface area contributed by atoms with Gasteiger partial charge in [-0.3, -0.25) is 0 Å². The number of alkyl halides is 1. The predicted molar refractivity (Wildman–Crippen MR) is 49.1 cm³/mol. The van der Waals surface area contributed by atoms with E-state index in [-0.39, 0.29) is 0 Å². The number of halogens is 2. The lowest BCUT2D eigenvalue weighted by Gasteiger charge is -2.08. The van der Waals surface area contributed by atoms with E-state index in [9.17, 15) is 4.39 Å². The Morgan fingerprint density at radius 2 is 2.25 bits per heavy atom. The molecule has 0 spiro atoms. The summed E-state index contributed by atoms with van der Waals surface area (Å²) in [5.41, 5.74) is 7.22. The average Bonchev–Trinajstić information content (AvgIpc) is 2.08. The van der Waals surface area contributed by atoms with Gasteiger partial charge < -0.3 is 5.73 Å². The molecular formula is C9H11ClFN. The van der Waals surface area contributed by atoms with E-state index in [4.69, 9.17) is 17.3 Å². The topological polar surface area (TPSA) is 26.0 Å². The first-order chi connectivity index (χ1) is 5.65. The molecular weight excluding hydrogens is 177 g/mol. The van der Waals surface area contributed by atoms with Crippen molar-refractivity contribution < 1.29 is 4.39 Å². The van der Waals surface area contributed by atoms with Crippen molar-refractivity contribution in [2.24, 2.45) is 5.73 Å². The highest BCUT2D eigenvalue weighted by Crippen LogP contribution is 2.19. The summed E-state index contributed by atoms with van der Waals surface area (Å²) in [6.07, 6.45) is 0. The second-order valence-electron chi connectivity index (χ2n) is 2.77. The molecule has 66 valence electrons. The maximum atomic E-state index is 12.1. The molecule has 2 N–H and O–H groups in total. The van der Waals surface area contributed by atoms with Crippen molar-refractivity contribution in [3.8, 4) is 0 Å². The molecule has 3 heteroatoms. The average molecular weight is 188 g/mol. The Bertz CT molecular complexity index is 275. The Morgan fingerprint density at radius 1 is 1.58 bits per heavy atom. The third-order valence-corrected chi connectivity index (χ3v) is 2.20. The van der Waals surface area contributed by atoms with Gasteiger partial charge in [-0.05, 0) is 24.1 Å². The zero-order valence-electron chi connectivity index (χ0n) is 6.85. The van der Waals surface area contributed by atoms with Crippen molar-refractivity contribution in [1.82, 2.24) is 0 Å². The van der Waals surface area contributed by atoms with Crippen LogP contribution in [0.25, 0.3) is 0 Å². The quantitative estimate of drug-likeness (QED) is 0.757. The monoisotopic (exact) mass is 187 g/mol. The maximum Gasteiger partial charge on any atom is 0.109 e. The van der Waals surface area contributed by atoms with Crippen LogP contribution in [-0.4, -0.2) is 6.67 Å². The first kappa shape index (κ1) is 9.49. The lowest BCUT2D eigenvalue weighted by Crippen LogP contribution is -2.12. The van der Waals surface area contributed by atoms with Gasteiger partial charge in [-0.15, -0.1) is 0 Å². The van der Waals surface area contributed by atoms with E-state index < -0.39 is 12.7 Å². The summed E-state index contributed by atoms with van der Waals surface area (Å²) in [5.74, 6) is 0. The molecule has 1 nitrogen and oxygen atoms in total. The molecule has 12 heavy (non-hydrogen) atoms. The number of hydrogen-bond donors (Lipinski definition) is 1. The van der Waals surface area contributed by atoms with E-state index in [0.717, 1.165) is 11.1 Å². The normalized spacial score (nSPS) is 13.0. The number of benzene rings is 1. The SMILES string of the molecule is Cc1cc([C@@H](N)CF)ccc1Cl. The summed E-state index contributed by atoms with van der Waals surface area (Å²) in [6, 6.07) is 4.77. The van der Waals surface area contributed by atoms with Gasteiger partial charge in [0, 0.05) is 5.02 Å². The summed E-state index contributed by atoms with van der Waals surface area (Å²) >= 11 is 5.79. The molecule has 0 saturated heterocycles. The van der Waals surface area contributed by atoms with E-state index in [1.165, 1.54) is 0 Å². The van der Waals surface area contributed by atoms with Crippen LogP contribution in [-0.2, 0) is 0 Å². The fourth-order valence-electron chi connectivity index (χ4n) is 0.988. The lowest BCUT2D eigenvalue weighted by molar-refractivity contribution is 0.437. The molecule has 0 saturated carbocycles. The molecule has 0 aliphatic carbocycles. The van der Waals surface area contributed by atoms with E-state index in [1.54, 1.807) is 12.1 Å². The fourth-order valence-corrected chi connectivity index (χ4v) is 1.11. The zero-order valence-corrected chi connectivity index (χ0v) is 7.61. The molecule has 0 unspecified atom stereocenters. The molecule has 0 aliphatic rings. The van der Waals surface area contributed by atoms with E-state index >= 15 is 0 Å². The van der Waals surface area contributed by atoms with E-state index in [2.05, 4.69) is 0 Å². The minimum atomic E-state index is -0.541. The van der Waals surface area contributed by atoms with E-state index in [1.807, 2.05) is 13.0 Å². The highest BCUT2D eigenvalue weighted by atomic mass is 35.5. The predicted octanol–water partition coefficient (Wildman–Crippen LogP) is 2.62. The number of rotatable bonds is 2. The minimum absolute atomic E-state index is 0.527. The third kappa shape index (κ3) is 1.96. The Hall–Kier alpha value is -0.600. The number of hydrogen-bond acceptors (Lipinski definition) is 1. The van der Waals surface area contributed by atoms with Crippen molar-refractivity contribution in [1.29, 1.82) is 0 Å². The fraction of sp³-hybridized carbons (Fsp3) is 0.333. The van der Waals surface area contributed by atoms with Crippen LogP contribution in [0.2, 0.25) is 5.02 Å². The summed E-state index contributed by atoms with van der Waals surface area (Å²) in [4.78, 5) is 0. The molecule has 0 fully saturated rings. The minimum Gasteiger partial charge on any atom is -0.322 e. The summed E-state index contributed by atoms with van der Waals surface area (Å²) in [7, 11) is 0. The Labute approximate surface area is 76.3 Å². The standard InChI is InChI=1S/C9H11ClFN/c1-6-4-7(9(12)5-11)2-3-8(6)10/h2-4,9H,5,12H2,1H3/t9-/m0/s1. The summed E-state index contributed by atoms with van der Waals surface area (Å²) in [5, 5.41) is 0.685. The van der Waals surface area contributed by atoms with Gasteiger partial charge >= 0.3 is 0 Å². The molecule has 1 atom stereocenters. The van der Waals surface area contributed by atoms with Crippen LogP contribution >= 0.6 is 11.6 Å². The molecule has 1 rings (SSSR count). The lowest BCUT2D eigenvalue weighted by atomic mass is 10.1. The van der Waals surface area contributed by atoms with Crippen LogP contribution < -0.4 is 5.73 Å². The van der Waals surface area contributed by atoms with Crippen LogP contribution in [0.3, 0.4) is 0 Å². The van der Waals surface area contributed by atoms with Crippen molar-refractivity contribution in [2.45, 2.75) is 13.0 Å². The second kappa shape index (κ2) is 3.87. The van der Waals surface area contributed by atoms with Crippen LogP contribution in [0.15, 0.2) is 18.2 Å². The van der Waals surface area contributed by atoms with Gasteiger partial charge in [0.05, 0.1) is 6.04 Å². The van der Waals surface area contributed by atoms with Crippen LogP contribution in [0.4, 0.5) is 4.39 Å². The van der Waals surface area contributed by atoms with Gasteiger partial charge in [0.15, 0.2) is 0 Å². The van der Waals surface area contributed by atoms with Gasteiger partial charge in [0.2, 0.25) is 0 Å². The smallest absolute Gasteiger partial charge is 0.109 e. The second-order valence-corrected chi connectivity index (χ2v) is 3.18. The Balaban J connectivity index is 2.96. The van der Waals surface area contributed by atoms with Crippen LogP contribution in [0.1, 0.15) is 17.2 Å². The highest BCUT2D eigenvalue weighted by Gasteiger charge is 2.05. The molecule has 0 amide bonds. The number of nitrogens with two attached hydrogens (primary N) is 1. The van der Waals surface area contributed by atoms with Crippen molar-refractivity contribution in [3.63, 3.8) is 0 Å². The van der Waals surface area contributed by atoms with Crippen LogP contribution in [0, 0.1) is 6.92 Å². The van der Waals surface area contributed by atoms with Crippen molar-refractivity contribution in [2.75, 3.05) is 6.67 Å². The Morgan fingerprint density at radius 3 is 2.75 bits per heavy atom. The molecule has 0 bridgehead atoms. The first-order valence-corrected chi connectivity index (χ1v) is 4.10. The van der Waals surface area contributed by atoms with Crippen molar-refractivity contribution in [3.05, 3.63) is 34.3 Å².